The SMILES string of the molecule is COCCN1CCN(c2ccc(C(=O)NC3(C(=O)NCC#N)CCCCC3)cc2)CC1. The maximum absolute atomic E-state index is 12.9. The molecule has 1 heterocycles. The van der Waals surface area contributed by atoms with E-state index < -0.39 is 5.54 Å². The molecule has 2 aliphatic rings. The number of nitrogens with one attached hydrogen (secondary N) is 2. The van der Waals surface area contributed by atoms with Gasteiger partial charge in [0.2, 0.25) is 5.91 Å². The zero-order chi connectivity index (χ0) is 22.1. The van der Waals surface area contributed by atoms with Gasteiger partial charge in [0.05, 0.1) is 12.7 Å². The van der Waals surface area contributed by atoms with E-state index in [4.69, 9.17) is 10.00 Å². The van der Waals surface area contributed by atoms with E-state index >= 15 is 0 Å². The Morgan fingerprint density at radius 2 is 1.77 bits per heavy atom. The predicted octanol–water partition coefficient (Wildman–Crippen LogP) is 1.53. The Balaban J connectivity index is 1.60. The molecule has 0 spiro atoms. The maximum Gasteiger partial charge on any atom is 0.252 e. The largest absolute Gasteiger partial charge is 0.383 e. The first-order valence-electron chi connectivity index (χ1n) is 11.1. The van der Waals surface area contributed by atoms with E-state index in [0.29, 0.717) is 18.4 Å². The molecule has 1 aromatic rings. The zero-order valence-corrected chi connectivity index (χ0v) is 18.4. The number of nitrogens with zero attached hydrogens (tertiary/aromatic N) is 3. The average molecular weight is 428 g/mol. The van der Waals surface area contributed by atoms with Gasteiger partial charge < -0.3 is 20.3 Å². The van der Waals surface area contributed by atoms with Gasteiger partial charge in [0.15, 0.2) is 0 Å². The summed E-state index contributed by atoms with van der Waals surface area (Å²) < 4.78 is 5.15. The lowest BCUT2D eigenvalue weighted by molar-refractivity contribution is -0.128. The van der Waals surface area contributed by atoms with Crippen molar-refractivity contribution in [2.45, 2.75) is 37.6 Å². The molecule has 8 nitrogen and oxygen atoms in total. The molecule has 8 heteroatoms. The quantitative estimate of drug-likeness (QED) is 0.611. The molecule has 1 saturated heterocycles. The van der Waals surface area contributed by atoms with Gasteiger partial charge in [-0.2, -0.15) is 5.26 Å². The average Bonchev–Trinajstić information content (AvgIpc) is 2.82. The van der Waals surface area contributed by atoms with Gasteiger partial charge in [0, 0.05) is 51.1 Å². The van der Waals surface area contributed by atoms with Crippen LogP contribution in [0.5, 0.6) is 0 Å². The molecule has 1 aliphatic carbocycles. The van der Waals surface area contributed by atoms with Gasteiger partial charge in [0.25, 0.3) is 5.91 Å². The van der Waals surface area contributed by atoms with Crippen LogP contribution >= 0.6 is 0 Å². The Kier molecular flexibility index (Phi) is 8.27. The number of piperazine rings is 1. The van der Waals surface area contributed by atoms with Crippen LogP contribution in [0.2, 0.25) is 0 Å². The molecule has 1 aromatic carbocycles. The minimum atomic E-state index is -0.927. The monoisotopic (exact) mass is 427 g/mol. The number of hydrogen-bond acceptors (Lipinski definition) is 6. The number of carbonyl (C=O) groups excluding carboxylic acids is 2. The molecule has 0 radical (unpaired) electrons. The van der Waals surface area contributed by atoms with Crippen molar-refractivity contribution in [3.8, 4) is 6.07 Å². The van der Waals surface area contributed by atoms with Gasteiger partial charge in [-0.1, -0.05) is 19.3 Å². The Hall–Kier alpha value is -2.63. The van der Waals surface area contributed by atoms with Gasteiger partial charge in [-0.3, -0.25) is 14.5 Å². The number of carbonyl (C=O) groups is 2. The zero-order valence-electron chi connectivity index (χ0n) is 18.4. The summed E-state index contributed by atoms with van der Waals surface area (Å²) in [5.74, 6) is -0.505. The fourth-order valence-electron chi connectivity index (χ4n) is 4.42. The molecule has 2 N–H and O–H groups in total. The van der Waals surface area contributed by atoms with Crippen molar-refractivity contribution in [1.29, 1.82) is 5.26 Å². The van der Waals surface area contributed by atoms with Crippen molar-refractivity contribution in [3.63, 3.8) is 0 Å². The normalized spacial score (nSPS) is 18.8. The Morgan fingerprint density at radius 3 is 2.39 bits per heavy atom. The van der Waals surface area contributed by atoms with Gasteiger partial charge >= 0.3 is 0 Å². The highest BCUT2D eigenvalue weighted by Crippen LogP contribution is 2.29. The van der Waals surface area contributed by atoms with E-state index in [1.54, 1.807) is 7.11 Å². The van der Waals surface area contributed by atoms with Crippen LogP contribution in [0.1, 0.15) is 42.5 Å². The summed E-state index contributed by atoms with van der Waals surface area (Å²) in [5.41, 5.74) is 0.714. The molecule has 1 aliphatic heterocycles. The number of rotatable bonds is 8. The van der Waals surface area contributed by atoms with Gasteiger partial charge in [-0.05, 0) is 37.1 Å². The van der Waals surface area contributed by atoms with Crippen LogP contribution in [0, 0.1) is 11.3 Å². The summed E-state index contributed by atoms with van der Waals surface area (Å²) >= 11 is 0. The summed E-state index contributed by atoms with van der Waals surface area (Å²) in [6.45, 7) is 5.52. The minimum Gasteiger partial charge on any atom is -0.383 e. The van der Waals surface area contributed by atoms with Gasteiger partial charge in [0.1, 0.15) is 12.1 Å². The van der Waals surface area contributed by atoms with E-state index in [-0.39, 0.29) is 18.4 Å². The van der Waals surface area contributed by atoms with Crippen molar-refractivity contribution in [1.82, 2.24) is 15.5 Å². The molecular weight excluding hydrogens is 394 g/mol. The molecule has 3 rings (SSSR count). The number of nitriles is 1. The first-order chi connectivity index (χ1) is 15.1. The first-order valence-corrected chi connectivity index (χ1v) is 11.1. The highest BCUT2D eigenvalue weighted by atomic mass is 16.5. The van der Waals surface area contributed by atoms with E-state index in [1.165, 1.54) is 0 Å². The van der Waals surface area contributed by atoms with E-state index in [9.17, 15) is 9.59 Å². The third-order valence-corrected chi connectivity index (χ3v) is 6.30. The summed E-state index contributed by atoms with van der Waals surface area (Å²) in [4.78, 5) is 30.4. The van der Waals surface area contributed by atoms with Crippen LogP contribution in [-0.2, 0) is 9.53 Å². The lowest BCUT2D eigenvalue weighted by Crippen LogP contribution is -2.59. The van der Waals surface area contributed by atoms with Gasteiger partial charge in [-0.15, -0.1) is 0 Å². The fraction of sp³-hybridized carbons (Fsp3) is 0.609. The number of hydrogen-bond donors (Lipinski definition) is 2. The standard InChI is InChI=1S/C23H33N5O3/c1-31-18-17-27-13-15-28(16-14-27)20-7-5-19(6-8-20)21(29)26-23(9-3-2-4-10-23)22(30)25-12-11-24/h5-8H,2-4,9-10,12-18H2,1H3,(H,25,30)(H,26,29). The Labute approximate surface area is 184 Å². The smallest absolute Gasteiger partial charge is 0.252 e. The van der Waals surface area contributed by atoms with E-state index in [1.807, 2.05) is 30.3 Å². The topological polar surface area (TPSA) is 97.7 Å². The van der Waals surface area contributed by atoms with Crippen molar-refractivity contribution in [2.24, 2.45) is 0 Å². The molecule has 168 valence electrons. The second kappa shape index (κ2) is 11.1. The maximum atomic E-state index is 12.9. The van der Waals surface area contributed by atoms with E-state index in [2.05, 4.69) is 20.4 Å². The first kappa shape index (κ1) is 23.0. The fourth-order valence-corrected chi connectivity index (χ4v) is 4.42. The van der Waals surface area contributed by atoms with Crippen molar-refractivity contribution in [3.05, 3.63) is 29.8 Å². The molecule has 2 fully saturated rings. The summed E-state index contributed by atoms with van der Waals surface area (Å²) in [6.07, 6.45) is 4.02. The molecule has 0 bridgehead atoms. The summed E-state index contributed by atoms with van der Waals surface area (Å²) in [5, 5.41) is 14.4. The Bertz CT molecular complexity index is 775. The van der Waals surface area contributed by atoms with Crippen LogP contribution in [0.25, 0.3) is 0 Å². The molecule has 0 aromatic heterocycles. The number of benzene rings is 1. The van der Waals surface area contributed by atoms with Crippen LogP contribution < -0.4 is 15.5 Å². The van der Waals surface area contributed by atoms with Crippen LogP contribution in [0.15, 0.2) is 24.3 Å². The molecule has 2 amide bonds. The summed E-state index contributed by atoms with van der Waals surface area (Å²) in [6, 6.07) is 9.53. The lowest BCUT2D eigenvalue weighted by atomic mass is 9.80. The second-order valence-corrected chi connectivity index (χ2v) is 8.31. The van der Waals surface area contributed by atoms with Crippen molar-refractivity contribution >= 4 is 17.5 Å². The molecule has 0 unspecified atom stereocenters. The van der Waals surface area contributed by atoms with Crippen LogP contribution in [0.3, 0.4) is 0 Å². The third kappa shape index (κ3) is 5.96. The number of ether oxygens (including phenoxy) is 1. The number of methoxy groups -OCH3 is 1. The predicted molar refractivity (Wildman–Crippen MR) is 119 cm³/mol. The van der Waals surface area contributed by atoms with E-state index in [0.717, 1.165) is 64.3 Å². The van der Waals surface area contributed by atoms with Crippen molar-refractivity contribution in [2.75, 3.05) is 57.9 Å². The third-order valence-electron chi connectivity index (χ3n) is 6.30. The molecule has 0 atom stereocenters. The van der Waals surface area contributed by atoms with Crippen molar-refractivity contribution < 1.29 is 14.3 Å². The highest BCUT2D eigenvalue weighted by Gasteiger charge is 2.40. The molecule has 1 saturated carbocycles. The highest BCUT2D eigenvalue weighted by molar-refractivity contribution is 5.99. The summed E-state index contributed by atoms with van der Waals surface area (Å²) in [7, 11) is 1.73. The molecule has 31 heavy (non-hydrogen) atoms. The lowest BCUT2D eigenvalue weighted by Gasteiger charge is -2.37. The van der Waals surface area contributed by atoms with Crippen LogP contribution in [-0.4, -0.2) is 75.2 Å². The molecular formula is C23H33N5O3. The van der Waals surface area contributed by atoms with Gasteiger partial charge in [-0.25, -0.2) is 0 Å². The number of anilines is 1. The second-order valence-electron chi connectivity index (χ2n) is 8.31. The Morgan fingerprint density at radius 1 is 1.10 bits per heavy atom. The van der Waals surface area contributed by atoms with Crippen LogP contribution in [0.4, 0.5) is 5.69 Å². The minimum absolute atomic E-state index is 0.0517. The number of amides is 2.